The molecule has 4 rings (SSSR count). The zero-order valence-corrected chi connectivity index (χ0v) is 22.0. The van der Waals surface area contributed by atoms with Gasteiger partial charge in [0.1, 0.15) is 17.1 Å². The molecular formula is C27H29F7N4O2. The summed E-state index contributed by atoms with van der Waals surface area (Å²) in [6.07, 6.45) is -6.06. The van der Waals surface area contributed by atoms with Gasteiger partial charge in [-0.2, -0.15) is 27.1 Å². The van der Waals surface area contributed by atoms with Crippen LogP contribution in [0.15, 0.2) is 47.6 Å². The zero-order valence-electron chi connectivity index (χ0n) is 22.0. The number of amides is 1. The van der Waals surface area contributed by atoms with E-state index in [-0.39, 0.29) is 6.04 Å². The lowest BCUT2D eigenvalue weighted by Gasteiger charge is -2.35. The highest BCUT2D eigenvalue weighted by Gasteiger charge is 2.63. The Hall–Kier alpha value is -3.51. The summed E-state index contributed by atoms with van der Waals surface area (Å²) >= 11 is 0. The molecule has 1 unspecified atom stereocenters. The van der Waals surface area contributed by atoms with Crippen molar-refractivity contribution in [2.75, 3.05) is 23.0 Å². The number of nitrogens with one attached hydrogen (secondary N) is 1. The number of hydrazone groups is 1. The maximum Gasteiger partial charge on any atom is 0.459 e. The summed E-state index contributed by atoms with van der Waals surface area (Å²) in [5.41, 5.74) is -1.54. The summed E-state index contributed by atoms with van der Waals surface area (Å²) in [5.74, 6) is -7.33. The first-order chi connectivity index (χ1) is 18.5. The summed E-state index contributed by atoms with van der Waals surface area (Å²) < 4.78 is 101. The van der Waals surface area contributed by atoms with Crippen LogP contribution in [0.2, 0.25) is 0 Å². The Morgan fingerprint density at radius 1 is 1.00 bits per heavy atom. The minimum absolute atomic E-state index is 0.124. The third-order valence-electron chi connectivity index (χ3n) is 6.62. The molecule has 1 atom stereocenters. The summed E-state index contributed by atoms with van der Waals surface area (Å²) in [6.45, 7) is 6.33. The molecule has 0 bridgehead atoms. The maximum atomic E-state index is 14.6. The number of nitrogens with zero attached hydrogens (tertiary/aromatic N) is 3. The number of hydrogen-bond acceptors (Lipinski definition) is 5. The van der Waals surface area contributed by atoms with E-state index in [4.69, 9.17) is 4.74 Å². The molecule has 40 heavy (non-hydrogen) atoms. The van der Waals surface area contributed by atoms with Gasteiger partial charge in [-0.25, -0.2) is 13.6 Å². The molecule has 6 nitrogen and oxygen atoms in total. The van der Waals surface area contributed by atoms with E-state index in [1.165, 1.54) is 6.07 Å². The van der Waals surface area contributed by atoms with Crippen LogP contribution >= 0.6 is 0 Å². The summed E-state index contributed by atoms with van der Waals surface area (Å²) in [4.78, 5) is 14.1. The van der Waals surface area contributed by atoms with Crippen molar-refractivity contribution < 1.29 is 40.3 Å². The van der Waals surface area contributed by atoms with Crippen LogP contribution in [-0.2, 0) is 4.74 Å². The maximum absolute atomic E-state index is 14.6. The molecule has 0 saturated carbocycles. The van der Waals surface area contributed by atoms with Gasteiger partial charge in [0.05, 0.1) is 11.7 Å². The van der Waals surface area contributed by atoms with E-state index in [1.54, 1.807) is 39.0 Å². The van der Waals surface area contributed by atoms with Crippen molar-refractivity contribution in [2.45, 2.75) is 69.8 Å². The smallest absolute Gasteiger partial charge is 0.444 e. The zero-order chi connectivity index (χ0) is 29.5. The molecule has 13 heteroatoms. The van der Waals surface area contributed by atoms with Crippen molar-refractivity contribution in [2.24, 2.45) is 5.10 Å². The predicted molar refractivity (Wildman–Crippen MR) is 136 cm³/mol. The number of rotatable bonds is 5. The number of halogens is 7. The second kappa shape index (κ2) is 10.8. The Balaban J connectivity index is 1.55. The van der Waals surface area contributed by atoms with Gasteiger partial charge in [0.15, 0.2) is 5.82 Å². The molecule has 218 valence electrons. The molecule has 1 amide bonds. The Labute approximate surface area is 226 Å². The van der Waals surface area contributed by atoms with Crippen LogP contribution in [0.5, 0.6) is 0 Å². The van der Waals surface area contributed by atoms with Crippen molar-refractivity contribution in [1.29, 1.82) is 0 Å². The first-order valence-corrected chi connectivity index (χ1v) is 12.7. The molecule has 0 aromatic heterocycles. The lowest BCUT2D eigenvalue weighted by molar-refractivity contribution is -0.249. The Kier molecular flexibility index (Phi) is 7.97. The molecule has 1 fully saturated rings. The second-order valence-corrected chi connectivity index (χ2v) is 10.8. The summed E-state index contributed by atoms with van der Waals surface area (Å²) in [5, 5.41) is 7.08. The van der Waals surface area contributed by atoms with Gasteiger partial charge >= 0.3 is 18.2 Å². The summed E-state index contributed by atoms with van der Waals surface area (Å²) in [6, 6.07) is 7.54. The number of hydrogen-bond donors (Lipinski definition) is 1. The SMILES string of the molecule is CC(C)(C)OC(=O)NC1CCN(c2cccc(C3CC(C(F)(F)C(F)(F)F)=NN3c3ccc(F)cc3F)c2)CC1. The van der Waals surface area contributed by atoms with E-state index in [1.807, 2.05) is 4.90 Å². The van der Waals surface area contributed by atoms with Gasteiger partial charge in [-0.1, -0.05) is 12.1 Å². The molecule has 1 saturated heterocycles. The first kappa shape index (κ1) is 29.5. The fourth-order valence-electron chi connectivity index (χ4n) is 4.70. The van der Waals surface area contributed by atoms with E-state index >= 15 is 0 Å². The largest absolute Gasteiger partial charge is 0.459 e. The number of ether oxygens (including phenoxy) is 1. The van der Waals surface area contributed by atoms with Gasteiger partial charge in [-0.15, -0.1) is 0 Å². The molecule has 1 N–H and O–H groups in total. The van der Waals surface area contributed by atoms with Crippen LogP contribution in [-0.4, -0.2) is 48.6 Å². The van der Waals surface area contributed by atoms with Crippen LogP contribution < -0.4 is 15.2 Å². The number of piperidine rings is 1. The Morgan fingerprint density at radius 3 is 2.27 bits per heavy atom. The number of carbonyl (C=O) groups excluding carboxylic acids is 1. The normalized spacial score (nSPS) is 19.1. The van der Waals surface area contributed by atoms with Crippen LogP contribution in [0.4, 0.5) is 46.9 Å². The number of carbonyl (C=O) groups is 1. The van der Waals surface area contributed by atoms with Crippen LogP contribution in [0.3, 0.4) is 0 Å². The van der Waals surface area contributed by atoms with E-state index in [2.05, 4.69) is 10.4 Å². The van der Waals surface area contributed by atoms with E-state index in [0.717, 1.165) is 17.1 Å². The highest BCUT2D eigenvalue weighted by molar-refractivity contribution is 5.95. The predicted octanol–water partition coefficient (Wildman–Crippen LogP) is 6.96. The highest BCUT2D eigenvalue weighted by atomic mass is 19.4. The van der Waals surface area contributed by atoms with Crippen molar-refractivity contribution >= 4 is 23.2 Å². The molecule has 2 aromatic carbocycles. The fraction of sp³-hybridized carbons (Fsp3) is 0.481. The standard InChI is InChI=1S/C27H29F7N4O2/c1-25(2,3)40-24(39)35-18-9-11-37(12-10-18)19-6-4-5-16(13-19)22-15-23(26(30,31)27(32,33)34)36-38(22)21-8-7-17(28)14-20(21)29/h4-8,13-14,18,22H,9-12,15H2,1-3H3,(H,35,39). The molecule has 0 spiro atoms. The second-order valence-electron chi connectivity index (χ2n) is 10.8. The number of alkyl carbamates (subject to hydrolysis) is 1. The monoisotopic (exact) mass is 574 g/mol. The van der Waals surface area contributed by atoms with Gasteiger partial charge in [0.2, 0.25) is 0 Å². The van der Waals surface area contributed by atoms with Gasteiger partial charge in [-0.3, -0.25) is 5.01 Å². The fourth-order valence-corrected chi connectivity index (χ4v) is 4.70. The van der Waals surface area contributed by atoms with E-state index in [0.29, 0.717) is 43.2 Å². The number of benzene rings is 2. The van der Waals surface area contributed by atoms with Crippen LogP contribution in [0, 0.1) is 11.6 Å². The van der Waals surface area contributed by atoms with Crippen LogP contribution in [0.1, 0.15) is 51.6 Å². The van der Waals surface area contributed by atoms with Gasteiger partial charge in [-0.05, 0) is 63.4 Å². The Bertz CT molecular complexity index is 1270. The molecule has 2 heterocycles. The number of anilines is 2. The van der Waals surface area contributed by atoms with Crippen molar-refractivity contribution in [3.63, 3.8) is 0 Å². The topological polar surface area (TPSA) is 57.2 Å². The minimum Gasteiger partial charge on any atom is -0.444 e. The van der Waals surface area contributed by atoms with Gasteiger partial charge in [0, 0.05) is 37.3 Å². The molecule has 2 aliphatic rings. The van der Waals surface area contributed by atoms with Gasteiger partial charge in [0.25, 0.3) is 0 Å². The van der Waals surface area contributed by atoms with Crippen molar-refractivity contribution in [3.05, 3.63) is 59.7 Å². The Morgan fingerprint density at radius 2 is 1.68 bits per heavy atom. The molecule has 2 aliphatic heterocycles. The van der Waals surface area contributed by atoms with E-state index < -0.39 is 59.3 Å². The summed E-state index contributed by atoms with van der Waals surface area (Å²) in [7, 11) is 0. The molecule has 0 radical (unpaired) electrons. The average Bonchev–Trinajstić information content (AvgIpc) is 3.29. The highest BCUT2D eigenvalue weighted by Crippen LogP contribution is 2.45. The van der Waals surface area contributed by atoms with Crippen molar-refractivity contribution in [1.82, 2.24) is 5.32 Å². The average molecular weight is 575 g/mol. The minimum atomic E-state index is -5.90. The lowest BCUT2D eigenvalue weighted by Crippen LogP contribution is -2.46. The molecule has 2 aromatic rings. The third-order valence-corrected chi connectivity index (χ3v) is 6.62. The van der Waals surface area contributed by atoms with E-state index in [9.17, 15) is 35.5 Å². The molecule has 0 aliphatic carbocycles. The third kappa shape index (κ3) is 6.44. The van der Waals surface area contributed by atoms with Gasteiger partial charge < -0.3 is 15.0 Å². The first-order valence-electron chi connectivity index (χ1n) is 12.7. The van der Waals surface area contributed by atoms with Crippen LogP contribution in [0.25, 0.3) is 0 Å². The molecular weight excluding hydrogens is 545 g/mol. The lowest BCUT2D eigenvalue weighted by atomic mass is 9.97. The number of alkyl halides is 5. The quantitative estimate of drug-likeness (QED) is 0.392. The van der Waals surface area contributed by atoms with Crippen molar-refractivity contribution in [3.8, 4) is 0 Å².